The third-order valence-corrected chi connectivity index (χ3v) is 3.74. The third kappa shape index (κ3) is 0.980. The lowest BCUT2D eigenvalue weighted by Gasteiger charge is -2.14. The Labute approximate surface area is 64.0 Å². The van der Waals surface area contributed by atoms with Crippen molar-refractivity contribution in [2.75, 3.05) is 0 Å². The van der Waals surface area contributed by atoms with E-state index in [-0.39, 0.29) is 0 Å². The first-order chi connectivity index (χ1) is 4.54. The van der Waals surface area contributed by atoms with Crippen LogP contribution in [0.2, 0.25) is 0 Å². The molecule has 0 aromatic rings. The Balaban J connectivity index is 1.91. The van der Waals surface area contributed by atoms with Crippen molar-refractivity contribution in [1.82, 2.24) is 0 Å². The molecular weight excluding hydrogens is 120 g/mol. The molecule has 0 N–H and O–H groups in total. The molecule has 0 radical (unpaired) electrons. The van der Waals surface area contributed by atoms with E-state index in [0.717, 1.165) is 16.7 Å². The highest BCUT2D eigenvalue weighted by Gasteiger charge is 2.53. The van der Waals surface area contributed by atoms with Crippen molar-refractivity contribution >= 4 is 0 Å². The second-order valence-corrected chi connectivity index (χ2v) is 5.25. The molecule has 0 bridgehead atoms. The van der Waals surface area contributed by atoms with Crippen molar-refractivity contribution in [1.29, 1.82) is 0 Å². The summed E-state index contributed by atoms with van der Waals surface area (Å²) >= 11 is 0. The maximum absolute atomic E-state index is 2.46. The Kier molecular flexibility index (Phi) is 1.07. The zero-order valence-corrected chi connectivity index (χ0v) is 7.41. The highest BCUT2D eigenvalue weighted by atomic mass is 14.6. The Hall–Kier alpha value is 0. The molecule has 2 unspecified atom stereocenters. The van der Waals surface area contributed by atoms with Crippen molar-refractivity contribution < 1.29 is 0 Å². The minimum Gasteiger partial charge on any atom is -0.0620 e. The minimum atomic E-state index is 0.755. The molecule has 0 heteroatoms. The van der Waals surface area contributed by atoms with E-state index >= 15 is 0 Å². The van der Waals surface area contributed by atoms with Gasteiger partial charge in [0.1, 0.15) is 0 Å². The largest absolute Gasteiger partial charge is 0.0620 e. The molecule has 0 aliphatic heterocycles. The van der Waals surface area contributed by atoms with Gasteiger partial charge in [0.2, 0.25) is 0 Å². The molecule has 0 nitrogen and oxygen atoms in total. The zero-order chi connectivity index (χ0) is 7.41. The van der Waals surface area contributed by atoms with Crippen LogP contribution in [0.4, 0.5) is 0 Å². The van der Waals surface area contributed by atoms with Crippen LogP contribution < -0.4 is 0 Å². The van der Waals surface area contributed by atoms with E-state index in [0.29, 0.717) is 0 Å². The Bertz CT molecular complexity index is 155. The van der Waals surface area contributed by atoms with Crippen molar-refractivity contribution in [3.8, 4) is 0 Å². The summed E-state index contributed by atoms with van der Waals surface area (Å²) in [5, 5.41) is 0. The van der Waals surface area contributed by atoms with E-state index in [9.17, 15) is 0 Å². The summed E-state index contributed by atoms with van der Waals surface area (Å²) in [5.41, 5.74) is 1.53. The quantitative estimate of drug-likeness (QED) is 0.549. The smallest absolute Gasteiger partial charge is 0.0292 e. The maximum Gasteiger partial charge on any atom is -0.0292 e. The molecule has 10 heavy (non-hydrogen) atoms. The molecule has 58 valence electrons. The zero-order valence-electron chi connectivity index (χ0n) is 7.41. The van der Waals surface area contributed by atoms with Crippen molar-refractivity contribution in [2.45, 2.75) is 46.5 Å². The van der Waals surface area contributed by atoms with E-state index in [1.807, 2.05) is 0 Å². The molecule has 2 saturated carbocycles. The van der Waals surface area contributed by atoms with Gasteiger partial charge in [-0.3, -0.25) is 0 Å². The van der Waals surface area contributed by atoms with Crippen LogP contribution in [0.1, 0.15) is 46.5 Å². The number of hydrogen-bond donors (Lipinski definition) is 0. The summed E-state index contributed by atoms with van der Waals surface area (Å²) in [6, 6.07) is 0. The molecular formula is C10H18. The fourth-order valence-corrected chi connectivity index (χ4v) is 2.25. The SMILES string of the molecule is CC1CC1(C)CC1(C)CC1. The van der Waals surface area contributed by atoms with Gasteiger partial charge in [0.05, 0.1) is 0 Å². The van der Waals surface area contributed by atoms with Gasteiger partial charge in [-0.15, -0.1) is 0 Å². The van der Waals surface area contributed by atoms with E-state index in [1.54, 1.807) is 0 Å². The highest BCUT2D eigenvalue weighted by Crippen LogP contribution is 2.63. The number of rotatable bonds is 2. The topological polar surface area (TPSA) is 0 Å². The molecule has 0 spiro atoms. The van der Waals surface area contributed by atoms with E-state index in [1.165, 1.54) is 25.7 Å². The molecule has 2 rings (SSSR count). The molecule has 0 heterocycles. The maximum atomic E-state index is 2.46. The Morgan fingerprint density at radius 1 is 1.30 bits per heavy atom. The van der Waals surface area contributed by atoms with Crippen molar-refractivity contribution in [3.63, 3.8) is 0 Å². The molecule has 0 aromatic carbocycles. The van der Waals surface area contributed by atoms with Crippen LogP contribution in [-0.2, 0) is 0 Å². The van der Waals surface area contributed by atoms with Crippen LogP contribution in [-0.4, -0.2) is 0 Å². The molecule has 0 saturated heterocycles. The lowest BCUT2D eigenvalue weighted by atomic mass is 9.91. The normalized spacial score (nSPS) is 48.9. The number of hydrogen-bond acceptors (Lipinski definition) is 0. The van der Waals surface area contributed by atoms with Crippen LogP contribution in [0.3, 0.4) is 0 Å². The predicted molar refractivity (Wildman–Crippen MR) is 43.8 cm³/mol. The molecule has 2 atom stereocenters. The van der Waals surface area contributed by atoms with Gasteiger partial charge in [-0.05, 0) is 42.4 Å². The van der Waals surface area contributed by atoms with Gasteiger partial charge >= 0.3 is 0 Å². The Morgan fingerprint density at radius 2 is 1.80 bits per heavy atom. The minimum absolute atomic E-state index is 0.755. The molecule has 0 aromatic heterocycles. The van der Waals surface area contributed by atoms with Gasteiger partial charge in [0.25, 0.3) is 0 Å². The van der Waals surface area contributed by atoms with E-state index in [4.69, 9.17) is 0 Å². The first-order valence-corrected chi connectivity index (χ1v) is 4.54. The van der Waals surface area contributed by atoms with Gasteiger partial charge in [-0.1, -0.05) is 20.8 Å². The van der Waals surface area contributed by atoms with Gasteiger partial charge in [0.15, 0.2) is 0 Å². The summed E-state index contributed by atoms with van der Waals surface area (Å²) in [5.74, 6) is 1.02. The summed E-state index contributed by atoms with van der Waals surface area (Å²) in [6.07, 6.45) is 5.98. The molecule has 2 aliphatic carbocycles. The fraction of sp³-hybridized carbons (Fsp3) is 1.00. The summed E-state index contributed by atoms with van der Waals surface area (Å²) in [7, 11) is 0. The summed E-state index contributed by atoms with van der Waals surface area (Å²) in [6.45, 7) is 7.30. The Morgan fingerprint density at radius 3 is 2.10 bits per heavy atom. The fourth-order valence-electron chi connectivity index (χ4n) is 2.25. The van der Waals surface area contributed by atoms with Gasteiger partial charge in [-0.25, -0.2) is 0 Å². The van der Waals surface area contributed by atoms with Crippen LogP contribution in [0, 0.1) is 16.7 Å². The average Bonchev–Trinajstić information content (AvgIpc) is 2.57. The van der Waals surface area contributed by atoms with E-state index < -0.39 is 0 Å². The van der Waals surface area contributed by atoms with Crippen molar-refractivity contribution in [2.24, 2.45) is 16.7 Å². The highest BCUT2D eigenvalue weighted by molar-refractivity contribution is 5.03. The predicted octanol–water partition coefficient (Wildman–Crippen LogP) is 3.22. The molecule has 2 fully saturated rings. The lowest BCUT2D eigenvalue weighted by molar-refractivity contribution is 0.359. The van der Waals surface area contributed by atoms with E-state index in [2.05, 4.69) is 20.8 Å². The summed E-state index contributed by atoms with van der Waals surface area (Å²) in [4.78, 5) is 0. The summed E-state index contributed by atoms with van der Waals surface area (Å²) < 4.78 is 0. The first kappa shape index (κ1) is 6.69. The van der Waals surface area contributed by atoms with Gasteiger partial charge in [0, 0.05) is 0 Å². The van der Waals surface area contributed by atoms with Gasteiger partial charge in [-0.2, -0.15) is 0 Å². The van der Waals surface area contributed by atoms with Crippen LogP contribution in [0.5, 0.6) is 0 Å². The first-order valence-electron chi connectivity index (χ1n) is 4.54. The van der Waals surface area contributed by atoms with Gasteiger partial charge < -0.3 is 0 Å². The second kappa shape index (κ2) is 1.60. The molecule has 0 amide bonds. The third-order valence-electron chi connectivity index (χ3n) is 3.74. The lowest BCUT2D eigenvalue weighted by Crippen LogP contribution is -2.04. The van der Waals surface area contributed by atoms with Crippen LogP contribution in [0.25, 0.3) is 0 Å². The van der Waals surface area contributed by atoms with Crippen LogP contribution in [0.15, 0.2) is 0 Å². The second-order valence-electron chi connectivity index (χ2n) is 5.25. The molecule has 2 aliphatic rings. The monoisotopic (exact) mass is 138 g/mol. The standard InChI is InChI=1S/C10H18/c1-8-6-10(8,3)7-9(2)4-5-9/h8H,4-7H2,1-3H3. The average molecular weight is 138 g/mol. The van der Waals surface area contributed by atoms with Crippen LogP contribution >= 0.6 is 0 Å². The van der Waals surface area contributed by atoms with Crippen molar-refractivity contribution in [3.05, 3.63) is 0 Å².